The smallest absolute Gasteiger partial charge is 0.333 e. The predicted octanol–water partition coefficient (Wildman–Crippen LogP) is 2.23. The number of guanidine groups is 1. The molecular formula is C25H27N9O. The number of imidazole rings is 1. The van der Waals surface area contributed by atoms with E-state index in [9.17, 15) is 10.1 Å². The number of aliphatic imine (C=N–C) groups is 1. The number of anilines is 1. The van der Waals surface area contributed by atoms with E-state index in [0.29, 0.717) is 34.8 Å². The zero-order valence-electron chi connectivity index (χ0n) is 19.5. The number of nitriles is 1. The summed E-state index contributed by atoms with van der Waals surface area (Å²) < 4.78 is 3.18. The molecular weight excluding hydrogens is 442 g/mol. The highest BCUT2D eigenvalue weighted by atomic mass is 16.1. The first-order chi connectivity index (χ1) is 17.1. The van der Waals surface area contributed by atoms with Gasteiger partial charge >= 0.3 is 5.69 Å². The maximum atomic E-state index is 12.9. The Labute approximate surface area is 202 Å². The van der Waals surface area contributed by atoms with Crippen molar-refractivity contribution >= 4 is 22.8 Å². The van der Waals surface area contributed by atoms with E-state index < -0.39 is 0 Å². The molecule has 35 heavy (non-hydrogen) atoms. The first-order valence-electron chi connectivity index (χ1n) is 12.0. The monoisotopic (exact) mass is 469 g/mol. The maximum absolute atomic E-state index is 12.9. The second kappa shape index (κ2) is 8.51. The number of hydrazine groups is 1. The molecule has 0 unspecified atom stereocenters. The summed E-state index contributed by atoms with van der Waals surface area (Å²) in [4.78, 5) is 22.0. The van der Waals surface area contributed by atoms with Gasteiger partial charge in [-0.15, -0.1) is 0 Å². The van der Waals surface area contributed by atoms with Gasteiger partial charge in [-0.2, -0.15) is 5.26 Å². The van der Waals surface area contributed by atoms with Gasteiger partial charge in [-0.05, 0) is 62.4 Å². The van der Waals surface area contributed by atoms with Crippen LogP contribution >= 0.6 is 0 Å². The summed E-state index contributed by atoms with van der Waals surface area (Å²) in [6, 6.07) is 11.8. The van der Waals surface area contributed by atoms with Crippen LogP contribution in [0.15, 0.2) is 58.2 Å². The lowest BCUT2D eigenvalue weighted by Gasteiger charge is -2.22. The van der Waals surface area contributed by atoms with Crippen molar-refractivity contribution < 1.29 is 0 Å². The van der Waals surface area contributed by atoms with Crippen LogP contribution in [-0.2, 0) is 7.05 Å². The van der Waals surface area contributed by atoms with Gasteiger partial charge < -0.3 is 16.1 Å². The fraction of sp³-hybridized carbons (Fsp3) is 0.360. The highest BCUT2D eigenvalue weighted by Gasteiger charge is 2.29. The van der Waals surface area contributed by atoms with Crippen molar-refractivity contribution in [1.82, 2.24) is 30.3 Å². The molecule has 0 amide bonds. The van der Waals surface area contributed by atoms with E-state index in [1.165, 1.54) is 18.5 Å². The number of pyridine rings is 1. The molecule has 3 aromatic rings. The molecule has 2 saturated carbocycles. The molecule has 2 aliphatic carbocycles. The molecule has 3 aliphatic rings. The quantitative estimate of drug-likeness (QED) is 0.452. The number of allylic oxidation sites excluding steroid dienone is 1. The fourth-order valence-electron chi connectivity index (χ4n) is 4.91. The van der Waals surface area contributed by atoms with Gasteiger partial charge in [0.1, 0.15) is 5.82 Å². The third kappa shape index (κ3) is 4.10. The minimum Gasteiger partial charge on any atom is -0.367 e. The van der Waals surface area contributed by atoms with E-state index in [0.717, 1.165) is 36.6 Å². The van der Waals surface area contributed by atoms with Crippen molar-refractivity contribution in [1.29, 1.82) is 5.26 Å². The van der Waals surface area contributed by atoms with Gasteiger partial charge in [0.15, 0.2) is 0 Å². The van der Waals surface area contributed by atoms with Crippen molar-refractivity contribution in [3.63, 3.8) is 0 Å². The maximum Gasteiger partial charge on any atom is 0.333 e. The molecule has 1 aliphatic heterocycles. The number of nitrogens with one attached hydrogen (secondary N) is 4. The summed E-state index contributed by atoms with van der Waals surface area (Å²) in [6.45, 7) is 0. The topological polar surface area (TPSA) is 124 Å². The van der Waals surface area contributed by atoms with Crippen molar-refractivity contribution in [3.8, 4) is 11.8 Å². The van der Waals surface area contributed by atoms with E-state index in [1.807, 2.05) is 18.3 Å². The van der Waals surface area contributed by atoms with Gasteiger partial charge in [0.25, 0.3) is 0 Å². The van der Waals surface area contributed by atoms with Gasteiger partial charge in [0.2, 0.25) is 5.96 Å². The van der Waals surface area contributed by atoms with E-state index >= 15 is 0 Å². The van der Waals surface area contributed by atoms with Crippen LogP contribution in [0.4, 0.5) is 5.82 Å². The lowest BCUT2D eigenvalue weighted by molar-refractivity contribution is 0.584. The fourth-order valence-corrected chi connectivity index (χ4v) is 4.91. The SMILES string of the molecule is Cn1c(=O)n(-c2ccc(N[C@H]3CC[C@H](NC4=NC=C(C5CC5)NN4)C3)nc2)c2ccc(C#N)cc21. The minimum atomic E-state index is -0.171. The molecule has 0 bridgehead atoms. The van der Waals surface area contributed by atoms with E-state index in [4.69, 9.17) is 0 Å². The molecule has 178 valence electrons. The predicted molar refractivity (Wildman–Crippen MR) is 134 cm³/mol. The Hall–Kier alpha value is -4.26. The molecule has 10 heteroatoms. The van der Waals surface area contributed by atoms with Crippen LogP contribution in [0.3, 0.4) is 0 Å². The van der Waals surface area contributed by atoms with Crippen LogP contribution in [-0.4, -0.2) is 32.2 Å². The zero-order valence-corrected chi connectivity index (χ0v) is 19.5. The van der Waals surface area contributed by atoms with Crippen LogP contribution in [0.5, 0.6) is 0 Å². The third-order valence-corrected chi connectivity index (χ3v) is 6.99. The summed E-state index contributed by atoms with van der Waals surface area (Å²) >= 11 is 0. The van der Waals surface area contributed by atoms with Gasteiger partial charge in [-0.3, -0.25) is 14.6 Å². The van der Waals surface area contributed by atoms with Crippen LogP contribution in [0.25, 0.3) is 16.7 Å². The molecule has 6 rings (SSSR count). The number of aryl methyl sites for hydroxylation is 1. The Morgan fingerprint density at radius 1 is 1.06 bits per heavy atom. The van der Waals surface area contributed by atoms with Crippen LogP contribution in [0, 0.1) is 17.2 Å². The normalized spacial score (nSPS) is 21.5. The zero-order chi connectivity index (χ0) is 23.9. The Balaban J connectivity index is 1.11. The first-order valence-corrected chi connectivity index (χ1v) is 12.0. The Morgan fingerprint density at radius 3 is 2.57 bits per heavy atom. The Kier molecular flexibility index (Phi) is 5.17. The van der Waals surface area contributed by atoms with Crippen LogP contribution < -0.4 is 27.2 Å². The summed E-state index contributed by atoms with van der Waals surface area (Å²) in [5.41, 5.74) is 10.1. The second-order valence-electron chi connectivity index (χ2n) is 9.48. The second-order valence-corrected chi connectivity index (χ2v) is 9.48. The van der Waals surface area contributed by atoms with Gasteiger partial charge in [-0.1, -0.05) is 0 Å². The summed E-state index contributed by atoms with van der Waals surface area (Å²) in [5, 5.41) is 16.2. The first kappa shape index (κ1) is 21.3. The van der Waals surface area contributed by atoms with Crippen molar-refractivity contribution in [2.45, 2.75) is 44.2 Å². The third-order valence-electron chi connectivity index (χ3n) is 6.99. The molecule has 0 radical (unpaired) electrons. The van der Waals surface area contributed by atoms with E-state index in [1.54, 1.807) is 40.6 Å². The van der Waals surface area contributed by atoms with Crippen molar-refractivity contribution in [2.75, 3.05) is 5.32 Å². The van der Waals surface area contributed by atoms with Crippen LogP contribution in [0.1, 0.15) is 37.7 Å². The van der Waals surface area contributed by atoms with E-state index in [2.05, 4.69) is 37.5 Å². The number of nitrogens with zero attached hydrogens (tertiary/aromatic N) is 5. The Morgan fingerprint density at radius 2 is 1.89 bits per heavy atom. The minimum absolute atomic E-state index is 0.171. The number of fused-ring (bicyclic) bond motifs is 1. The highest BCUT2D eigenvalue weighted by molar-refractivity contribution is 5.81. The summed E-state index contributed by atoms with van der Waals surface area (Å²) in [5.74, 6) is 2.19. The van der Waals surface area contributed by atoms with Gasteiger partial charge in [0, 0.05) is 25.0 Å². The highest BCUT2D eigenvalue weighted by Crippen LogP contribution is 2.35. The average molecular weight is 470 g/mol. The van der Waals surface area contributed by atoms with E-state index in [-0.39, 0.29) is 5.69 Å². The molecule has 2 fully saturated rings. The molecule has 3 heterocycles. The van der Waals surface area contributed by atoms with Crippen molar-refractivity contribution in [2.24, 2.45) is 18.0 Å². The lowest BCUT2D eigenvalue weighted by Crippen LogP contribution is -2.50. The molecule has 1 aromatic carbocycles. The molecule has 0 saturated heterocycles. The van der Waals surface area contributed by atoms with Gasteiger partial charge in [-0.25, -0.2) is 14.8 Å². The summed E-state index contributed by atoms with van der Waals surface area (Å²) in [7, 11) is 1.71. The number of hydrogen-bond donors (Lipinski definition) is 4. The standard InChI is InChI=1S/C25H27N9O/c1-33-22-10-15(12-26)2-8-21(22)34(25(33)35)19-7-9-23(27-13-19)29-17-5-6-18(11-17)30-24-28-14-20(31-32-24)16-3-4-16/h2,7-10,13-14,16-18,31H,3-6,11H2,1H3,(H,27,29)(H2,28,30,32)/t17-,18-/m0/s1. The average Bonchev–Trinajstić information content (AvgIpc) is 3.60. The Bertz CT molecular complexity index is 1440. The number of hydrogen-bond acceptors (Lipinski definition) is 8. The van der Waals surface area contributed by atoms with Crippen LogP contribution in [0.2, 0.25) is 0 Å². The molecule has 0 spiro atoms. The largest absolute Gasteiger partial charge is 0.367 e. The molecule has 2 atom stereocenters. The number of aromatic nitrogens is 3. The number of rotatable bonds is 5. The lowest BCUT2D eigenvalue weighted by atomic mass is 10.2. The summed E-state index contributed by atoms with van der Waals surface area (Å²) in [6.07, 6.45) is 9.17. The molecule has 2 aromatic heterocycles. The number of benzene rings is 1. The molecule has 4 N–H and O–H groups in total. The van der Waals surface area contributed by atoms with Gasteiger partial charge in [0.05, 0.1) is 46.4 Å². The van der Waals surface area contributed by atoms with Crippen molar-refractivity contribution in [3.05, 3.63) is 64.5 Å². The molecule has 10 nitrogen and oxygen atoms in total.